The summed E-state index contributed by atoms with van der Waals surface area (Å²) in [5, 5.41) is 102. The van der Waals surface area contributed by atoms with Crippen molar-refractivity contribution in [1.82, 2.24) is 0 Å². The maximum atomic E-state index is 14.1. The molecule has 0 aliphatic carbocycles. The van der Waals surface area contributed by atoms with Gasteiger partial charge in [0.1, 0.15) is 60.0 Å². The highest BCUT2D eigenvalue weighted by molar-refractivity contribution is 5.93. The lowest BCUT2D eigenvalue weighted by atomic mass is 9.99. The van der Waals surface area contributed by atoms with Crippen molar-refractivity contribution >= 4 is 11.0 Å². The van der Waals surface area contributed by atoms with E-state index in [-0.39, 0.29) is 28.6 Å². The fraction of sp³-hybridized carbons (Fsp3) is 0.483. The van der Waals surface area contributed by atoms with Crippen LogP contribution in [0.4, 0.5) is 0 Å². The molecular weight excluding hydrogens is 636 g/mol. The van der Waals surface area contributed by atoms with E-state index in [0.29, 0.717) is 0 Å². The van der Waals surface area contributed by atoms with E-state index in [1.807, 2.05) is 0 Å². The van der Waals surface area contributed by atoms with Gasteiger partial charge >= 0.3 is 0 Å². The first-order valence-electron chi connectivity index (χ1n) is 14.1. The van der Waals surface area contributed by atoms with Gasteiger partial charge in [-0.1, -0.05) is 0 Å². The minimum atomic E-state index is -1.94. The molecule has 10 atom stereocenters. The largest absolute Gasteiger partial charge is 0.507 e. The summed E-state index contributed by atoms with van der Waals surface area (Å²) in [6, 6.07) is 4.63. The molecule has 10 unspecified atom stereocenters. The average molecular weight is 671 g/mol. The average Bonchev–Trinajstić information content (AvgIpc) is 3.06. The van der Waals surface area contributed by atoms with E-state index in [0.717, 1.165) is 13.2 Å². The maximum Gasteiger partial charge on any atom is 0.239 e. The molecule has 3 heterocycles. The molecule has 2 saturated heterocycles. The number of rotatable bonds is 9. The zero-order chi connectivity index (χ0) is 34.3. The van der Waals surface area contributed by atoms with Crippen molar-refractivity contribution in [3.8, 4) is 45.8 Å². The monoisotopic (exact) mass is 670 g/mol. The van der Waals surface area contributed by atoms with Gasteiger partial charge in [-0.15, -0.1) is 0 Å². The second-order valence-corrected chi connectivity index (χ2v) is 10.7. The SMILES string of the molecule is COc1cc(-c2oc3c(OC)c(OC4OC(CO)C(O)C(O)C4O)cc(O)c3c(=O)c2OC2OC(CO)C(O)C(O)C2O)ccc1O. The first kappa shape index (κ1) is 34.4. The molecule has 3 aromatic rings. The summed E-state index contributed by atoms with van der Waals surface area (Å²) >= 11 is 0. The third-order valence-electron chi connectivity index (χ3n) is 7.84. The Kier molecular flexibility index (Phi) is 9.99. The molecule has 47 heavy (non-hydrogen) atoms. The molecule has 18 nitrogen and oxygen atoms in total. The van der Waals surface area contributed by atoms with Gasteiger partial charge in [0.2, 0.25) is 29.5 Å². The van der Waals surface area contributed by atoms with Crippen LogP contribution in [0.25, 0.3) is 22.3 Å². The van der Waals surface area contributed by atoms with Crippen LogP contribution in [0.2, 0.25) is 0 Å². The molecular formula is C29H34O18. The summed E-state index contributed by atoms with van der Waals surface area (Å²) in [5.41, 5.74) is -1.51. The van der Waals surface area contributed by atoms with E-state index in [4.69, 9.17) is 32.8 Å². The van der Waals surface area contributed by atoms with Gasteiger partial charge < -0.3 is 83.9 Å². The lowest BCUT2D eigenvalue weighted by Gasteiger charge is -2.39. The van der Waals surface area contributed by atoms with Crippen molar-refractivity contribution in [1.29, 1.82) is 0 Å². The summed E-state index contributed by atoms with van der Waals surface area (Å²) in [4.78, 5) is 14.1. The molecule has 5 rings (SSSR count). The number of fused-ring (bicyclic) bond motifs is 1. The molecule has 0 radical (unpaired) electrons. The van der Waals surface area contributed by atoms with Gasteiger partial charge in [0.25, 0.3) is 0 Å². The van der Waals surface area contributed by atoms with E-state index < -0.39 is 108 Å². The van der Waals surface area contributed by atoms with Gasteiger partial charge in [-0.3, -0.25) is 4.79 Å². The Morgan fingerprint density at radius 1 is 0.681 bits per heavy atom. The molecule has 18 heteroatoms. The number of ether oxygens (including phenoxy) is 6. The van der Waals surface area contributed by atoms with E-state index in [1.165, 1.54) is 25.3 Å². The molecule has 258 valence electrons. The Morgan fingerprint density at radius 3 is 1.79 bits per heavy atom. The number of hydrogen-bond donors (Lipinski definition) is 10. The fourth-order valence-corrected chi connectivity index (χ4v) is 5.25. The highest BCUT2D eigenvalue weighted by atomic mass is 16.7. The number of phenols is 2. The number of hydrogen-bond acceptors (Lipinski definition) is 18. The molecule has 10 N–H and O–H groups in total. The second-order valence-electron chi connectivity index (χ2n) is 10.7. The van der Waals surface area contributed by atoms with E-state index in [1.54, 1.807) is 0 Å². The van der Waals surface area contributed by atoms with Crippen molar-refractivity contribution < 1.29 is 83.9 Å². The smallest absolute Gasteiger partial charge is 0.239 e. The van der Waals surface area contributed by atoms with Crippen LogP contribution in [0.3, 0.4) is 0 Å². The predicted molar refractivity (Wildman–Crippen MR) is 153 cm³/mol. The van der Waals surface area contributed by atoms with Gasteiger partial charge in [0.05, 0.1) is 27.4 Å². The lowest BCUT2D eigenvalue weighted by molar-refractivity contribution is -0.277. The molecule has 0 bridgehead atoms. The summed E-state index contributed by atoms with van der Waals surface area (Å²) in [6.07, 6.45) is -17.2. The third-order valence-corrected chi connectivity index (χ3v) is 7.84. The number of aromatic hydroxyl groups is 2. The molecule has 1 aromatic heterocycles. The maximum absolute atomic E-state index is 14.1. The van der Waals surface area contributed by atoms with Crippen LogP contribution in [0, 0.1) is 0 Å². The molecule has 0 amide bonds. The van der Waals surface area contributed by atoms with Gasteiger partial charge in [-0.05, 0) is 18.2 Å². The van der Waals surface area contributed by atoms with Crippen LogP contribution in [0.1, 0.15) is 0 Å². The van der Waals surface area contributed by atoms with Crippen LogP contribution in [0.15, 0.2) is 33.5 Å². The van der Waals surface area contributed by atoms with Crippen molar-refractivity contribution in [2.45, 2.75) is 61.4 Å². The normalized spacial score (nSPS) is 31.0. The Balaban J connectivity index is 1.68. The molecule has 2 aromatic carbocycles. The number of aliphatic hydroxyl groups excluding tert-OH is 8. The van der Waals surface area contributed by atoms with Gasteiger partial charge in [0, 0.05) is 11.6 Å². The standard InChI is InChI=1S/C29H34O18/c1-41-12-5-9(3-4-10(12)32)24-27(47-29-23(40)21(38)18(35)15(8-31)45-29)19(36)16-11(33)6-13(25(42-2)26(16)46-24)43-28-22(39)20(37)17(34)14(7-30)44-28/h3-6,14-15,17-18,20-23,28-35,37-40H,7-8H2,1-2H3. The van der Waals surface area contributed by atoms with Crippen molar-refractivity contribution in [3.05, 3.63) is 34.5 Å². The van der Waals surface area contributed by atoms with Crippen LogP contribution >= 0.6 is 0 Å². The quantitative estimate of drug-likeness (QED) is 0.110. The Labute approximate surface area is 264 Å². The second kappa shape index (κ2) is 13.6. The zero-order valence-corrected chi connectivity index (χ0v) is 24.7. The topological polar surface area (TPSA) is 288 Å². The number of methoxy groups -OCH3 is 2. The van der Waals surface area contributed by atoms with Crippen molar-refractivity contribution in [2.75, 3.05) is 27.4 Å². The number of aliphatic hydroxyl groups is 8. The molecule has 2 aliphatic heterocycles. The Bertz CT molecular complexity index is 1640. The lowest BCUT2D eigenvalue weighted by Crippen LogP contribution is -2.60. The Hall–Kier alpha value is -3.95. The first-order valence-corrected chi connectivity index (χ1v) is 14.1. The van der Waals surface area contributed by atoms with Crippen molar-refractivity contribution in [2.24, 2.45) is 0 Å². The predicted octanol–water partition coefficient (Wildman–Crippen LogP) is -2.75. The van der Waals surface area contributed by atoms with Crippen molar-refractivity contribution in [3.63, 3.8) is 0 Å². The van der Waals surface area contributed by atoms with E-state index >= 15 is 0 Å². The fourth-order valence-electron chi connectivity index (χ4n) is 5.25. The van der Waals surface area contributed by atoms with Crippen LogP contribution in [-0.2, 0) is 9.47 Å². The van der Waals surface area contributed by atoms with Crippen LogP contribution in [0.5, 0.6) is 34.5 Å². The van der Waals surface area contributed by atoms with E-state index in [2.05, 4.69) is 0 Å². The van der Waals surface area contributed by atoms with Crippen LogP contribution < -0.4 is 24.4 Å². The Morgan fingerprint density at radius 2 is 1.26 bits per heavy atom. The summed E-state index contributed by atoms with van der Waals surface area (Å²) in [7, 11) is 2.40. The minimum absolute atomic E-state index is 0.0278. The highest BCUT2D eigenvalue weighted by Crippen LogP contribution is 2.45. The van der Waals surface area contributed by atoms with Gasteiger partial charge in [0.15, 0.2) is 28.6 Å². The number of phenolic OH excluding ortho intramolecular Hbond substituents is 2. The molecule has 2 aliphatic rings. The summed E-state index contributed by atoms with van der Waals surface area (Å²) < 4.78 is 38.8. The molecule has 2 fully saturated rings. The minimum Gasteiger partial charge on any atom is -0.507 e. The van der Waals surface area contributed by atoms with Crippen LogP contribution in [-0.4, -0.2) is 140 Å². The van der Waals surface area contributed by atoms with E-state index in [9.17, 15) is 55.9 Å². The van der Waals surface area contributed by atoms with Gasteiger partial charge in [-0.2, -0.15) is 0 Å². The third kappa shape index (κ3) is 6.11. The zero-order valence-electron chi connectivity index (χ0n) is 24.7. The number of benzene rings is 2. The summed E-state index contributed by atoms with van der Waals surface area (Å²) in [5.74, 6) is -3.00. The van der Waals surface area contributed by atoms with Gasteiger partial charge in [-0.25, -0.2) is 0 Å². The summed E-state index contributed by atoms with van der Waals surface area (Å²) in [6.45, 7) is -1.55. The highest BCUT2D eigenvalue weighted by Gasteiger charge is 2.47. The first-order chi connectivity index (χ1) is 22.4. The molecule has 0 spiro atoms. The molecule has 0 saturated carbocycles.